The van der Waals surface area contributed by atoms with Crippen molar-refractivity contribution in [3.05, 3.63) is 63.7 Å². The van der Waals surface area contributed by atoms with E-state index in [2.05, 4.69) is 0 Å². The second kappa shape index (κ2) is 7.43. The molecule has 2 rings (SSSR count). The molecular formula is C21H24O3. The van der Waals surface area contributed by atoms with Gasteiger partial charge in [0, 0.05) is 17.5 Å². The van der Waals surface area contributed by atoms with Crippen molar-refractivity contribution >= 4 is 11.6 Å². The van der Waals surface area contributed by atoms with E-state index in [9.17, 15) is 9.59 Å². The molecule has 0 aliphatic rings. The molecule has 24 heavy (non-hydrogen) atoms. The van der Waals surface area contributed by atoms with Crippen LogP contribution in [0, 0.1) is 20.8 Å². The minimum absolute atomic E-state index is 0.0775. The molecule has 0 radical (unpaired) electrons. The number of aryl methyl sites for hydroxylation is 2. The highest BCUT2D eigenvalue weighted by Crippen LogP contribution is 2.24. The number of carbonyl (C=O) groups is 2. The summed E-state index contributed by atoms with van der Waals surface area (Å²) in [5.41, 5.74) is 5.63. The van der Waals surface area contributed by atoms with Gasteiger partial charge in [-0.15, -0.1) is 0 Å². The van der Waals surface area contributed by atoms with E-state index in [1.807, 2.05) is 45.9 Å². The van der Waals surface area contributed by atoms with E-state index in [0.29, 0.717) is 24.3 Å². The molecule has 2 aromatic carbocycles. The molecule has 0 aliphatic carbocycles. The van der Waals surface area contributed by atoms with Gasteiger partial charge in [-0.3, -0.25) is 9.59 Å². The molecule has 3 heteroatoms. The Labute approximate surface area is 143 Å². The SMILES string of the molecule is CCC(=O)c1ccc(OCc2c(C)cc(C)c(C(C)=O)c2C)cc1. The average molecular weight is 324 g/mol. The van der Waals surface area contributed by atoms with Crippen molar-refractivity contribution < 1.29 is 14.3 Å². The number of hydrogen-bond donors (Lipinski definition) is 0. The summed E-state index contributed by atoms with van der Waals surface area (Å²) < 4.78 is 5.87. The third-order valence-electron chi connectivity index (χ3n) is 4.36. The van der Waals surface area contributed by atoms with Gasteiger partial charge in [-0.25, -0.2) is 0 Å². The topological polar surface area (TPSA) is 43.4 Å². The average Bonchev–Trinajstić information content (AvgIpc) is 2.53. The second-order valence-corrected chi connectivity index (χ2v) is 6.13. The summed E-state index contributed by atoms with van der Waals surface area (Å²) in [6, 6.07) is 9.24. The first-order valence-corrected chi connectivity index (χ1v) is 8.21. The summed E-state index contributed by atoms with van der Waals surface area (Å²) in [4.78, 5) is 23.5. The molecule has 0 aliphatic heterocycles. The number of rotatable bonds is 6. The molecule has 0 saturated carbocycles. The summed E-state index contributed by atoms with van der Waals surface area (Å²) in [5, 5.41) is 0. The van der Waals surface area contributed by atoms with Crippen molar-refractivity contribution in [2.24, 2.45) is 0 Å². The van der Waals surface area contributed by atoms with Gasteiger partial charge in [-0.2, -0.15) is 0 Å². The van der Waals surface area contributed by atoms with Crippen LogP contribution in [0.4, 0.5) is 0 Å². The Bertz CT molecular complexity index is 771. The van der Waals surface area contributed by atoms with E-state index in [4.69, 9.17) is 4.74 Å². The van der Waals surface area contributed by atoms with Crippen LogP contribution in [0.5, 0.6) is 5.75 Å². The third kappa shape index (κ3) is 3.73. The summed E-state index contributed by atoms with van der Waals surface area (Å²) in [7, 11) is 0. The van der Waals surface area contributed by atoms with Gasteiger partial charge in [0.15, 0.2) is 11.6 Å². The fourth-order valence-corrected chi connectivity index (χ4v) is 3.09. The van der Waals surface area contributed by atoms with Crippen LogP contribution in [0.1, 0.15) is 63.2 Å². The lowest BCUT2D eigenvalue weighted by Crippen LogP contribution is -2.08. The normalized spacial score (nSPS) is 10.5. The van der Waals surface area contributed by atoms with Crippen LogP contribution in [0.25, 0.3) is 0 Å². The highest BCUT2D eigenvalue weighted by atomic mass is 16.5. The van der Waals surface area contributed by atoms with Gasteiger partial charge in [0.1, 0.15) is 12.4 Å². The first kappa shape index (κ1) is 17.9. The highest BCUT2D eigenvalue weighted by Gasteiger charge is 2.14. The van der Waals surface area contributed by atoms with Gasteiger partial charge in [0.05, 0.1) is 0 Å². The van der Waals surface area contributed by atoms with Crippen LogP contribution in [0.3, 0.4) is 0 Å². The molecule has 0 fully saturated rings. The zero-order chi connectivity index (χ0) is 17.9. The van der Waals surface area contributed by atoms with E-state index < -0.39 is 0 Å². The van der Waals surface area contributed by atoms with Gasteiger partial charge < -0.3 is 4.74 Å². The van der Waals surface area contributed by atoms with Crippen molar-refractivity contribution in [3.63, 3.8) is 0 Å². The Kier molecular flexibility index (Phi) is 5.55. The molecule has 2 aromatic rings. The fourth-order valence-electron chi connectivity index (χ4n) is 3.09. The molecule has 0 saturated heterocycles. The molecule has 0 bridgehead atoms. The van der Waals surface area contributed by atoms with Gasteiger partial charge in [0.2, 0.25) is 0 Å². The Morgan fingerprint density at radius 1 is 1.00 bits per heavy atom. The molecule has 0 aromatic heterocycles. The summed E-state index contributed by atoms with van der Waals surface area (Å²) in [6.07, 6.45) is 0.496. The van der Waals surface area contributed by atoms with Crippen molar-refractivity contribution in [1.82, 2.24) is 0 Å². The zero-order valence-corrected chi connectivity index (χ0v) is 15.0. The third-order valence-corrected chi connectivity index (χ3v) is 4.36. The van der Waals surface area contributed by atoms with Crippen LogP contribution in [0.2, 0.25) is 0 Å². The summed E-state index contributed by atoms with van der Waals surface area (Å²) in [6.45, 7) is 9.81. The maximum absolute atomic E-state index is 11.9. The van der Waals surface area contributed by atoms with E-state index >= 15 is 0 Å². The maximum atomic E-state index is 11.9. The lowest BCUT2D eigenvalue weighted by Gasteiger charge is -2.16. The van der Waals surface area contributed by atoms with Gasteiger partial charge in [-0.05, 0) is 74.2 Å². The Balaban J connectivity index is 2.22. The first-order chi connectivity index (χ1) is 11.3. The van der Waals surface area contributed by atoms with Crippen molar-refractivity contribution in [3.8, 4) is 5.75 Å². The summed E-state index contributed by atoms with van der Waals surface area (Å²) >= 11 is 0. The molecule has 3 nitrogen and oxygen atoms in total. The number of ketones is 2. The van der Waals surface area contributed by atoms with Crippen LogP contribution in [-0.4, -0.2) is 11.6 Å². The minimum atomic E-state index is 0.0775. The fraction of sp³-hybridized carbons (Fsp3) is 0.333. The number of carbonyl (C=O) groups excluding carboxylic acids is 2. The van der Waals surface area contributed by atoms with Crippen LogP contribution < -0.4 is 4.74 Å². The smallest absolute Gasteiger partial charge is 0.162 e. The predicted octanol–water partition coefficient (Wildman–Crippen LogP) is 4.99. The van der Waals surface area contributed by atoms with Crippen LogP contribution in [-0.2, 0) is 6.61 Å². The Hall–Kier alpha value is -2.42. The highest BCUT2D eigenvalue weighted by molar-refractivity contribution is 5.97. The van der Waals surface area contributed by atoms with Crippen LogP contribution >= 0.6 is 0 Å². The molecule has 0 N–H and O–H groups in total. The molecule has 126 valence electrons. The number of ether oxygens (including phenoxy) is 1. The molecule has 0 atom stereocenters. The van der Waals surface area contributed by atoms with E-state index in [0.717, 1.165) is 27.8 Å². The van der Waals surface area contributed by atoms with Crippen molar-refractivity contribution in [1.29, 1.82) is 0 Å². The molecule has 0 unspecified atom stereocenters. The molecular weight excluding hydrogens is 300 g/mol. The second-order valence-electron chi connectivity index (χ2n) is 6.13. The standard InChI is InChI=1S/C21H24O3/c1-6-20(23)17-7-9-18(10-8-17)24-12-19-13(2)11-14(3)21(15(19)4)16(5)22/h7-11H,6,12H2,1-5H3. The van der Waals surface area contributed by atoms with Crippen LogP contribution in [0.15, 0.2) is 30.3 Å². The minimum Gasteiger partial charge on any atom is -0.489 e. The molecule has 0 spiro atoms. The largest absolute Gasteiger partial charge is 0.489 e. The maximum Gasteiger partial charge on any atom is 0.162 e. The van der Waals surface area contributed by atoms with Crippen molar-refractivity contribution in [2.75, 3.05) is 0 Å². The number of hydrogen-bond acceptors (Lipinski definition) is 3. The zero-order valence-electron chi connectivity index (χ0n) is 15.0. The van der Waals surface area contributed by atoms with E-state index in [-0.39, 0.29) is 11.6 Å². The monoisotopic (exact) mass is 324 g/mol. The predicted molar refractivity (Wildman–Crippen MR) is 96.1 cm³/mol. The number of benzene rings is 2. The lowest BCUT2D eigenvalue weighted by molar-refractivity contribution is 0.0985. The quantitative estimate of drug-likeness (QED) is 0.703. The lowest BCUT2D eigenvalue weighted by atomic mass is 9.92. The van der Waals surface area contributed by atoms with E-state index in [1.54, 1.807) is 19.1 Å². The van der Waals surface area contributed by atoms with E-state index in [1.165, 1.54) is 0 Å². The Morgan fingerprint density at radius 2 is 1.62 bits per heavy atom. The number of Topliss-reactive ketones (excluding diaryl/α,β-unsaturated/α-hetero) is 2. The van der Waals surface area contributed by atoms with Crippen molar-refractivity contribution in [2.45, 2.75) is 47.6 Å². The Morgan fingerprint density at radius 3 is 2.17 bits per heavy atom. The molecule has 0 heterocycles. The first-order valence-electron chi connectivity index (χ1n) is 8.21. The molecule has 0 amide bonds. The van der Waals surface area contributed by atoms with Gasteiger partial charge in [0.25, 0.3) is 0 Å². The van der Waals surface area contributed by atoms with Gasteiger partial charge >= 0.3 is 0 Å². The summed E-state index contributed by atoms with van der Waals surface area (Å²) in [5.74, 6) is 0.915. The van der Waals surface area contributed by atoms with Gasteiger partial charge in [-0.1, -0.05) is 13.0 Å².